The standard InChI is InChI=1S/C23H26N2O2/c26-21(24-16-18-9-3-1-4-10-18)15-23(13-7-2-8-14-23)25-17-19-11-5-6-12-20(19)22(25)27/h1,3-6,9-12H,2,7-8,13-17H2,(H,24,26). The number of hydrogen-bond donors (Lipinski definition) is 1. The molecule has 0 atom stereocenters. The second kappa shape index (κ2) is 7.55. The van der Waals surface area contributed by atoms with Gasteiger partial charge in [-0.15, -0.1) is 0 Å². The van der Waals surface area contributed by atoms with E-state index in [1.165, 1.54) is 6.42 Å². The molecule has 0 radical (unpaired) electrons. The van der Waals surface area contributed by atoms with Gasteiger partial charge in [0.05, 0.1) is 5.54 Å². The molecule has 1 heterocycles. The van der Waals surface area contributed by atoms with Crippen molar-refractivity contribution in [1.29, 1.82) is 0 Å². The van der Waals surface area contributed by atoms with Gasteiger partial charge in [-0.1, -0.05) is 67.8 Å². The Labute approximate surface area is 160 Å². The molecule has 4 heteroatoms. The van der Waals surface area contributed by atoms with Crippen LogP contribution in [0, 0.1) is 0 Å². The molecule has 2 amide bonds. The summed E-state index contributed by atoms with van der Waals surface area (Å²) in [5.41, 5.74) is 2.62. The third-order valence-corrected chi connectivity index (χ3v) is 6.00. The highest BCUT2D eigenvalue weighted by Crippen LogP contribution is 2.41. The Morgan fingerprint density at radius 1 is 0.963 bits per heavy atom. The number of carbonyl (C=O) groups is 2. The lowest BCUT2D eigenvalue weighted by atomic mass is 9.77. The third-order valence-electron chi connectivity index (χ3n) is 6.00. The van der Waals surface area contributed by atoms with Gasteiger partial charge in [-0.3, -0.25) is 9.59 Å². The molecule has 27 heavy (non-hydrogen) atoms. The van der Waals surface area contributed by atoms with E-state index in [2.05, 4.69) is 5.32 Å². The van der Waals surface area contributed by atoms with Crippen molar-refractivity contribution in [2.45, 2.75) is 57.2 Å². The molecule has 1 aliphatic carbocycles. The van der Waals surface area contributed by atoms with Crippen molar-refractivity contribution in [1.82, 2.24) is 10.2 Å². The Morgan fingerprint density at radius 2 is 1.67 bits per heavy atom. The summed E-state index contributed by atoms with van der Waals surface area (Å²) in [5.74, 6) is 0.118. The van der Waals surface area contributed by atoms with Crippen molar-refractivity contribution < 1.29 is 9.59 Å². The molecule has 4 rings (SSSR count). The first-order valence-corrected chi connectivity index (χ1v) is 9.88. The highest BCUT2D eigenvalue weighted by Gasteiger charge is 2.45. The Morgan fingerprint density at radius 3 is 2.41 bits per heavy atom. The van der Waals surface area contributed by atoms with Crippen molar-refractivity contribution in [2.75, 3.05) is 0 Å². The molecule has 0 spiro atoms. The maximum atomic E-state index is 13.1. The molecule has 0 aromatic heterocycles. The van der Waals surface area contributed by atoms with Gasteiger partial charge in [0.1, 0.15) is 0 Å². The average Bonchev–Trinajstić information content (AvgIpc) is 3.06. The molecule has 4 nitrogen and oxygen atoms in total. The summed E-state index contributed by atoms with van der Waals surface area (Å²) in [6.07, 6.45) is 5.54. The molecule has 0 saturated heterocycles. The van der Waals surface area contributed by atoms with E-state index in [0.29, 0.717) is 19.5 Å². The van der Waals surface area contributed by atoms with Gasteiger partial charge in [-0.05, 0) is 30.0 Å². The first-order chi connectivity index (χ1) is 13.2. The molecule has 2 aromatic carbocycles. The largest absolute Gasteiger partial charge is 0.352 e. The molecule has 0 bridgehead atoms. The normalized spacial score (nSPS) is 18.2. The van der Waals surface area contributed by atoms with E-state index < -0.39 is 0 Å². The van der Waals surface area contributed by atoms with Crippen LogP contribution in [0.4, 0.5) is 0 Å². The van der Waals surface area contributed by atoms with E-state index in [0.717, 1.165) is 42.4 Å². The van der Waals surface area contributed by atoms with Crippen molar-refractivity contribution in [2.24, 2.45) is 0 Å². The minimum atomic E-state index is -0.352. The monoisotopic (exact) mass is 362 g/mol. The Balaban J connectivity index is 1.49. The highest BCUT2D eigenvalue weighted by molar-refractivity contribution is 5.99. The second-order valence-electron chi connectivity index (χ2n) is 7.77. The summed E-state index contributed by atoms with van der Waals surface area (Å²) in [7, 11) is 0. The van der Waals surface area contributed by atoms with Crippen molar-refractivity contribution in [3.05, 3.63) is 71.3 Å². The lowest BCUT2D eigenvalue weighted by Gasteiger charge is -2.44. The van der Waals surface area contributed by atoms with E-state index in [9.17, 15) is 9.59 Å². The molecule has 2 aromatic rings. The maximum absolute atomic E-state index is 13.1. The van der Waals surface area contributed by atoms with Gasteiger partial charge in [-0.25, -0.2) is 0 Å². The number of rotatable bonds is 5. The summed E-state index contributed by atoms with van der Waals surface area (Å²) in [4.78, 5) is 27.8. The van der Waals surface area contributed by atoms with Crippen LogP contribution in [-0.4, -0.2) is 22.3 Å². The number of hydrogen-bond acceptors (Lipinski definition) is 2. The second-order valence-corrected chi connectivity index (χ2v) is 7.77. The van der Waals surface area contributed by atoms with Crippen LogP contribution in [0.3, 0.4) is 0 Å². The highest BCUT2D eigenvalue weighted by atomic mass is 16.2. The molecule has 0 unspecified atom stereocenters. The lowest BCUT2D eigenvalue weighted by molar-refractivity contribution is -0.124. The molecular weight excluding hydrogens is 336 g/mol. The lowest BCUT2D eigenvalue weighted by Crippen LogP contribution is -2.52. The molecule has 1 N–H and O–H groups in total. The summed E-state index contributed by atoms with van der Waals surface area (Å²) >= 11 is 0. The fourth-order valence-corrected chi connectivity index (χ4v) is 4.55. The quantitative estimate of drug-likeness (QED) is 0.872. The van der Waals surface area contributed by atoms with Crippen molar-refractivity contribution in [3.63, 3.8) is 0 Å². The zero-order chi connectivity index (χ0) is 18.7. The predicted octanol–water partition coefficient (Wildman–Crippen LogP) is 4.05. The van der Waals surface area contributed by atoms with Crippen molar-refractivity contribution >= 4 is 11.8 Å². The smallest absolute Gasteiger partial charge is 0.254 e. The van der Waals surface area contributed by atoms with Crippen LogP contribution >= 0.6 is 0 Å². The first kappa shape index (κ1) is 17.8. The number of fused-ring (bicyclic) bond motifs is 1. The van der Waals surface area contributed by atoms with Gasteiger partial charge in [0, 0.05) is 25.1 Å². The van der Waals surface area contributed by atoms with Crippen molar-refractivity contribution in [3.8, 4) is 0 Å². The number of nitrogens with zero attached hydrogens (tertiary/aromatic N) is 1. The molecular formula is C23H26N2O2. The zero-order valence-corrected chi connectivity index (χ0v) is 15.6. The Bertz CT molecular complexity index is 825. The van der Waals surface area contributed by atoms with Gasteiger partial charge >= 0.3 is 0 Å². The summed E-state index contributed by atoms with van der Waals surface area (Å²) < 4.78 is 0. The van der Waals surface area contributed by atoms with E-state index in [1.54, 1.807) is 0 Å². The van der Waals surface area contributed by atoms with Crippen LogP contribution in [0.15, 0.2) is 54.6 Å². The minimum Gasteiger partial charge on any atom is -0.352 e. The first-order valence-electron chi connectivity index (χ1n) is 9.88. The van der Waals surface area contributed by atoms with Gasteiger partial charge < -0.3 is 10.2 Å². The van der Waals surface area contributed by atoms with Crippen LogP contribution < -0.4 is 5.32 Å². The minimum absolute atomic E-state index is 0.0320. The van der Waals surface area contributed by atoms with Crippen LogP contribution in [-0.2, 0) is 17.9 Å². The number of nitrogens with one attached hydrogen (secondary N) is 1. The Hall–Kier alpha value is -2.62. The van der Waals surface area contributed by atoms with Gasteiger partial charge in [0.25, 0.3) is 5.91 Å². The number of benzene rings is 2. The fraction of sp³-hybridized carbons (Fsp3) is 0.391. The number of amides is 2. The molecule has 1 aliphatic heterocycles. The molecule has 140 valence electrons. The van der Waals surface area contributed by atoms with Gasteiger partial charge in [-0.2, -0.15) is 0 Å². The SMILES string of the molecule is O=C(CC1(N2Cc3ccccc3C2=O)CCCCC1)NCc1ccccc1. The van der Waals surface area contributed by atoms with Crippen LogP contribution in [0.25, 0.3) is 0 Å². The van der Waals surface area contributed by atoms with E-state index in [-0.39, 0.29) is 17.4 Å². The summed E-state index contributed by atoms with van der Waals surface area (Å²) in [6.45, 7) is 1.16. The maximum Gasteiger partial charge on any atom is 0.254 e. The molecule has 1 saturated carbocycles. The van der Waals surface area contributed by atoms with Crippen LogP contribution in [0.2, 0.25) is 0 Å². The Kier molecular flexibility index (Phi) is 4.97. The predicted molar refractivity (Wildman–Crippen MR) is 105 cm³/mol. The van der Waals surface area contributed by atoms with E-state index in [4.69, 9.17) is 0 Å². The zero-order valence-electron chi connectivity index (χ0n) is 15.6. The number of carbonyl (C=O) groups excluding carboxylic acids is 2. The summed E-state index contributed by atoms with van der Waals surface area (Å²) in [6, 6.07) is 17.8. The average molecular weight is 362 g/mol. The van der Waals surface area contributed by atoms with E-state index >= 15 is 0 Å². The topological polar surface area (TPSA) is 49.4 Å². The van der Waals surface area contributed by atoms with Crippen LogP contribution in [0.1, 0.15) is 60.0 Å². The van der Waals surface area contributed by atoms with Crippen LogP contribution in [0.5, 0.6) is 0 Å². The molecule has 2 aliphatic rings. The van der Waals surface area contributed by atoms with E-state index in [1.807, 2.05) is 59.5 Å². The molecule has 1 fully saturated rings. The fourth-order valence-electron chi connectivity index (χ4n) is 4.55. The van der Waals surface area contributed by atoms with Gasteiger partial charge in [0.15, 0.2) is 0 Å². The third kappa shape index (κ3) is 3.61. The van der Waals surface area contributed by atoms with Gasteiger partial charge in [0.2, 0.25) is 5.91 Å². The summed E-state index contributed by atoms with van der Waals surface area (Å²) in [5, 5.41) is 3.05.